The van der Waals surface area contributed by atoms with Gasteiger partial charge in [0.05, 0.1) is 33.1 Å². The van der Waals surface area contributed by atoms with Crippen molar-refractivity contribution in [2.24, 2.45) is 0 Å². The number of rotatable bonds is 4. The van der Waals surface area contributed by atoms with Gasteiger partial charge in [0.15, 0.2) is 0 Å². The van der Waals surface area contributed by atoms with Gasteiger partial charge < -0.3 is 9.80 Å². The van der Waals surface area contributed by atoms with Gasteiger partial charge in [-0.15, -0.1) is 0 Å². The molecular weight excluding hydrogens is 364 g/mol. The molecule has 1 saturated heterocycles. The molecule has 2 aromatic rings. The van der Waals surface area contributed by atoms with Crippen LogP contribution < -0.4 is 9.80 Å². The summed E-state index contributed by atoms with van der Waals surface area (Å²) in [5, 5.41) is 40.6. The van der Waals surface area contributed by atoms with Gasteiger partial charge in [-0.1, -0.05) is 0 Å². The van der Waals surface area contributed by atoms with Gasteiger partial charge in [0.2, 0.25) is 0 Å². The molecule has 0 aliphatic carbocycles. The number of hydrogen-bond donors (Lipinski definition) is 0. The van der Waals surface area contributed by atoms with Crippen LogP contribution in [0.4, 0.5) is 22.7 Å². The number of hydrogen-bond acceptors (Lipinski definition) is 8. The zero-order valence-electron chi connectivity index (χ0n) is 14.6. The highest BCUT2D eigenvalue weighted by Crippen LogP contribution is 2.33. The standard InChI is InChI=1S/C18H14N6O4/c19-11-13-1-3-15(17(9-13)23(25)26)21-5-7-22(8-6-21)16-4-2-14(12-20)10-18(16)24(27)28/h1-4,9-10H,5-8H2. The normalized spacial score (nSPS) is 13.5. The third-order valence-electron chi connectivity index (χ3n) is 4.56. The Kier molecular flexibility index (Phi) is 5.05. The Morgan fingerprint density at radius 1 is 0.750 bits per heavy atom. The zero-order valence-corrected chi connectivity index (χ0v) is 14.6. The van der Waals surface area contributed by atoms with Crippen LogP contribution in [0.3, 0.4) is 0 Å². The molecule has 0 atom stereocenters. The summed E-state index contributed by atoms with van der Waals surface area (Å²) in [5.41, 5.74) is 0.967. The summed E-state index contributed by atoms with van der Waals surface area (Å²) in [6, 6.07) is 12.4. The van der Waals surface area contributed by atoms with E-state index >= 15 is 0 Å². The first-order valence-corrected chi connectivity index (χ1v) is 8.31. The fourth-order valence-electron chi connectivity index (χ4n) is 3.20. The van der Waals surface area contributed by atoms with Crippen molar-refractivity contribution in [3.8, 4) is 12.1 Å². The van der Waals surface area contributed by atoms with Crippen molar-refractivity contribution in [3.05, 3.63) is 67.8 Å². The lowest BCUT2D eigenvalue weighted by Gasteiger charge is -2.36. The van der Waals surface area contributed by atoms with E-state index in [0.29, 0.717) is 37.6 Å². The van der Waals surface area contributed by atoms with Crippen LogP contribution >= 0.6 is 0 Å². The molecule has 1 heterocycles. The first kappa shape index (κ1) is 18.6. The van der Waals surface area contributed by atoms with Crippen LogP contribution in [0.15, 0.2) is 36.4 Å². The fraction of sp³-hybridized carbons (Fsp3) is 0.222. The molecule has 0 radical (unpaired) electrons. The Labute approximate surface area is 159 Å². The Balaban J connectivity index is 1.83. The third-order valence-corrected chi connectivity index (χ3v) is 4.56. The maximum absolute atomic E-state index is 11.4. The zero-order chi connectivity index (χ0) is 20.3. The van der Waals surface area contributed by atoms with Gasteiger partial charge in [-0.25, -0.2) is 0 Å². The molecule has 0 bridgehead atoms. The van der Waals surface area contributed by atoms with Crippen LogP contribution in [0.5, 0.6) is 0 Å². The number of piperazine rings is 1. The second-order valence-electron chi connectivity index (χ2n) is 6.12. The van der Waals surface area contributed by atoms with E-state index in [1.54, 1.807) is 12.1 Å². The van der Waals surface area contributed by atoms with Crippen LogP contribution in [0.25, 0.3) is 0 Å². The van der Waals surface area contributed by atoms with E-state index in [1.165, 1.54) is 24.3 Å². The highest BCUT2D eigenvalue weighted by Gasteiger charge is 2.27. The predicted molar refractivity (Wildman–Crippen MR) is 100 cm³/mol. The van der Waals surface area contributed by atoms with Gasteiger partial charge in [-0.2, -0.15) is 10.5 Å². The molecule has 2 aromatic carbocycles. The molecule has 140 valence electrons. The van der Waals surface area contributed by atoms with E-state index < -0.39 is 9.85 Å². The van der Waals surface area contributed by atoms with E-state index in [2.05, 4.69) is 0 Å². The molecule has 0 saturated carbocycles. The minimum atomic E-state index is -0.520. The van der Waals surface area contributed by atoms with Crippen molar-refractivity contribution in [1.29, 1.82) is 10.5 Å². The van der Waals surface area contributed by atoms with E-state index in [9.17, 15) is 20.2 Å². The van der Waals surface area contributed by atoms with Crippen molar-refractivity contribution < 1.29 is 9.85 Å². The van der Waals surface area contributed by atoms with Gasteiger partial charge in [0, 0.05) is 38.3 Å². The highest BCUT2D eigenvalue weighted by molar-refractivity contribution is 5.69. The summed E-state index contributed by atoms with van der Waals surface area (Å²) in [5.74, 6) is 0. The Morgan fingerprint density at radius 3 is 1.39 bits per heavy atom. The molecule has 0 amide bonds. The molecule has 0 unspecified atom stereocenters. The number of anilines is 2. The highest BCUT2D eigenvalue weighted by atomic mass is 16.6. The maximum Gasteiger partial charge on any atom is 0.293 e. The van der Waals surface area contributed by atoms with Crippen LogP contribution in [0.2, 0.25) is 0 Å². The lowest BCUT2D eigenvalue weighted by atomic mass is 10.1. The first-order chi connectivity index (χ1) is 13.4. The number of nitro groups is 2. The number of nitro benzene ring substituents is 2. The van der Waals surface area contributed by atoms with Gasteiger partial charge in [-0.3, -0.25) is 20.2 Å². The van der Waals surface area contributed by atoms with Crippen LogP contribution in [-0.2, 0) is 0 Å². The minimum absolute atomic E-state index is 0.142. The summed E-state index contributed by atoms with van der Waals surface area (Å²) in [4.78, 5) is 25.3. The molecule has 0 spiro atoms. The van der Waals surface area contributed by atoms with Crippen LogP contribution in [0.1, 0.15) is 11.1 Å². The molecule has 1 fully saturated rings. The number of benzene rings is 2. The topological polar surface area (TPSA) is 140 Å². The SMILES string of the molecule is N#Cc1ccc(N2CCN(c3ccc(C#N)cc3[N+](=O)[O-])CC2)c([N+](=O)[O-])c1. The van der Waals surface area contributed by atoms with E-state index in [1.807, 2.05) is 21.9 Å². The molecule has 3 rings (SSSR count). The minimum Gasteiger partial charge on any atom is -0.362 e. The van der Waals surface area contributed by atoms with Gasteiger partial charge in [0.25, 0.3) is 11.4 Å². The van der Waals surface area contributed by atoms with Gasteiger partial charge in [0.1, 0.15) is 11.4 Å². The molecule has 1 aliphatic rings. The van der Waals surface area contributed by atoms with Crippen molar-refractivity contribution in [2.75, 3.05) is 36.0 Å². The summed E-state index contributed by atoms with van der Waals surface area (Å²) in [7, 11) is 0. The monoisotopic (exact) mass is 378 g/mol. The maximum atomic E-state index is 11.4. The van der Waals surface area contributed by atoms with E-state index in [-0.39, 0.29) is 22.5 Å². The largest absolute Gasteiger partial charge is 0.362 e. The Morgan fingerprint density at radius 2 is 1.11 bits per heavy atom. The van der Waals surface area contributed by atoms with Crippen molar-refractivity contribution >= 4 is 22.7 Å². The van der Waals surface area contributed by atoms with Gasteiger partial charge in [-0.05, 0) is 24.3 Å². The molecule has 0 N–H and O–H groups in total. The third kappa shape index (κ3) is 3.52. The quantitative estimate of drug-likeness (QED) is 0.584. The summed E-state index contributed by atoms with van der Waals surface area (Å²) >= 11 is 0. The van der Waals surface area contributed by atoms with Crippen molar-refractivity contribution in [1.82, 2.24) is 0 Å². The van der Waals surface area contributed by atoms with Crippen LogP contribution in [-0.4, -0.2) is 36.0 Å². The molecule has 1 aliphatic heterocycles. The fourth-order valence-corrected chi connectivity index (χ4v) is 3.20. The molecule has 10 nitrogen and oxygen atoms in total. The van der Waals surface area contributed by atoms with Crippen LogP contribution in [0, 0.1) is 42.9 Å². The van der Waals surface area contributed by atoms with Crippen molar-refractivity contribution in [2.45, 2.75) is 0 Å². The molecule has 0 aromatic heterocycles. The van der Waals surface area contributed by atoms with E-state index in [0.717, 1.165) is 0 Å². The van der Waals surface area contributed by atoms with Gasteiger partial charge >= 0.3 is 0 Å². The average Bonchev–Trinajstić information content (AvgIpc) is 2.72. The second kappa shape index (κ2) is 7.60. The Hall–Kier alpha value is -4.18. The molecule has 10 heteroatoms. The summed E-state index contributed by atoms with van der Waals surface area (Å²) in [6.07, 6.45) is 0. The number of nitrogens with zero attached hydrogens (tertiary/aromatic N) is 6. The first-order valence-electron chi connectivity index (χ1n) is 8.31. The molecular formula is C18H14N6O4. The number of nitriles is 2. The summed E-state index contributed by atoms with van der Waals surface area (Å²) < 4.78 is 0. The lowest BCUT2D eigenvalue weighted by molar-refractivity contribution is -0.384. The average molecular weight is 378 g/mol. The molecule has 28 heavy (non-hydrogen) atoms. The lowest BCUT2D eigenvalue weighted by Crippen LogP contribution is -2.46. The predicted octanol–water partition coefficient (Wildman–Crippen LogP) is 2.57. The summed E-state index contributed by atoms with van der Waals surface area (Å²) in [6.45, 7) is 1.68. The van der Waals surface area contributed by atoms with E-state index in [4.69, 9.17) is 10.5 Å². The van der Waals surface area contributed by atoms with Crippen molar-refractivity contribution in [3.63, 3.8) is 0 Å². The second-order valence-corrected chi connectivity index (χ2v) is 6.12. The smallest absolute Gasteiger partial charge is 0.293 e. The Bertz CT molecular complexity index is 948.